The average Bonchev–Trinajstić information content (AvgIpc) is 2.81. The van der Waals surface area contributed by atoms with Crippen LogP contribution in [0.4, 0.5) is 5.69 Å². The molecule has 186 valence electrons. The first-order chi connectivity index (χ1) is 16.1. The highest BCUT2D eigenvalue weighted by Gasteiger charge is 2.32. The number of ether oxygens (including phenoxy) is 2. The third kappa shape index (κ3) is 6.40. The van der Waals surface area contributed by atoms with Gasteiger partial charge >= 0.3 is 0 Å². The second-order valence-corrected chi connectivity index (χ2v) is 9.70. The number of nitrogens with zero attached hydrogens (tertiary/aromatic N) is 2. The van der Waals surface area contributed by atoms with Crippen LogP contribution < -0.4 is 19.1 Å². The minimum Gasteiger partial charge on any atom is -0.497 e. The Morgan fingerprint density at radius 2 is 1.76 bits per heavy atom. The maximum absolute atomic E-state index is 13.6. The molecule has 0 bridgehead atoms. The first-order valence-corrected chi connectivity index (χ1v) is 12.7. The van der Waals surface area contributed by atoms with Crippen molar-refractivity contribution in [3.05, 3.63) is 53.6 Å². The molecule has 2 amide bonds. The van der Waals surface area contributed by atoms with E-state index in [1.165, 1.54) is 32.2 Å². The first-order valence-electron chi connectivity index (χ1n) is 10.8. The van der Waals surface area contributed by atoms with Gasteiger partial charge in [0.1, 0.15) is 24.1 Å². The van der Waals surface area contributed by atoms with Gasteiger partial charge in [0.05, 0.1) is 26.2 Å². The van der Waals surface area contributed by atoms with Gasteiger partial charge < -0.3 is 19.7 Å². The van der Waals surface area contributed by atoms with Gasteiger partial charge in [-0.15, -0.1) is 0 Å². The largest absolute Gasteiger partial charge is 0.497 e. The number of likely N-dealkylation sites (N-methyl/N-ethyl adjacent to an activating group) is 1. The Morgan fingerprint density at radius 3 is 2.29 bits per heavy atom. The summed E-state index contributed by atoms with van der Waals surface area (Å²) >= 11 is 0. The zero-order valence-corrected chi connectivity index (χ0v) is 21.3. The van der Waals surface area contributed by atoms with Crippen molar-refractivity contribution in [1.29, 1.82) is 0 Å². The van der Waals surface area contributed by atoms with E-state index in [1.54, 1.807) is 19.1 Å². The lowest BCUT2D eigenvalue weighted by Crippen LogP contribution is -2.51. The molecule has 0 radical (unpaired) electrons. The minimum absolute atomic E-state index is 0.157. The molecule has 10 heteroatoms. The number of sulfonamides is 1. The lowest BCUT2D eigenvalue weighted by molar-refractivity contribution is -0.140. The summed E-state index contributed by atoms with van der Waals surface area (Å²) in [6.45, 7) is 3.37. The molecular formula is C24H33N3O6S. The van der Waals surface area contributed by atoms with Crippen molar-refractivity contribution in [2.75, 3.05) is 38.4 Å². The Labute approximate surface area is 201 Å². The number of benzene rings is 2. The third-order valence-corrected chi connectivity index (χ3v) is 6.69. The molecule has 2 aromatic rings. The smallest absolute Gasteiger partial charge is 0.244 e. The molecule has 0 aliphatic carbocycles. The Bertz CT molecular complexity index is 1120. The highest BCUT2D eigenvalue weighted by molar-refractivity contribution is 7.92. The summed E-state index contributed by atoms with van der Waals surface area (Å²) in [5.74, 6) is -0.170. The molecule has 0 aliphatic rings. The number of rotatable bonds is 11. The lowest BCUT2D eigenvalue weighted by atomic mass is 10.1. The average molecular weight is 492 g/mol. The fourth-order valence-corrected chi connectivity index (χ4v) is 4.49. The van der Waals surface area contributed by atoms with Gasteiger partial charge in [0.15, 0.2) is 0 Å². The van der Waals surface area contributed by atoms with E-state index in [2.05, 4.69) is 5.32 Å². The topological polar surface area (TPSA) is 105 Å². The van der Waals surface area contributed by atoms with Crippen molar-refractivity contribution in [2.24, 2.45) is 0 Å². The quantitative estimate of drug-likeness (QED) is 0.517. The van der Waals surface area contributed by atoms with E-state index in [0.29, 0.717) is 12.2 Å². The van der Waals surface area contributed by atoms with E-state index < -0.39 is 28.5 Å². The van der Waals surface area contributed by atoms with Crippen LogP contribution >= 0.6 is 0 Å². The van der Waals surface area contributed by atoms with E-state index >= 15 is 0 Å². The van der Waals surface area contributed by atoms with Crippen LogP contribution in [0.15, 0.2) is 42.5 Å². The van der Waals surface area contributed by atoms with Crippen LogP contribution in [0.5, 0.6) is 11.5 Å². The molecule has 1 N–H and O–H groups in total. The fraction of sp³-hybridized carbons (Fsp3) is 0.417. The number of anilines is 1. The predicted octanol–water partition coefficient (Wildman–Crippen LogP) is 2.33. The van der Waals surface area contributed by atoms with Crippen molar-refractivity contribution in [3.63, 3.8) is 0 Å². The van der Waals surface area contributed by atoms with Crippen molar-refractivity contribution in [1.82, 2.24) is 10.2 Å². The Hall–Kier alpha value is -3.27. The number of nitrogens with one attached hydrogen (secondary N) is 1. The Kier molecular flexibility index (Phi) is 9.31. The van der Waals surface area contributed by atoms with Crippen LogP contribution in [0.3, 0.4) is 0 Å². The van der Waals surface area contributed by atoms with Gasteiger partial charge in [0, 0.05) is 19.7 Å². The molecule has 2 rings (SSSR count). The van der Waals surface area contributed by atoms with E-state index in [-0.39, 0.29) is 23.9 Å². The first kappa shape index (κ1) is 27.0. The summed E-state index contributed by atoms with van der Waals surface area (Å²) in [6, 6.07) is 11.5. The number of methoxy groups -OCH3 is 2. The highest BCUT2D eigenvalue weighted by atomic mass is 32.2. The number of carbonyl (C=O) groups excluding carboxylic acids is 2. The van der Waals surface area contributed by atoms with Gasteiger partial charge in [-0.2, -0.15) is 0 Å². The number of amides is 2. The van der Waals surface area contributed by atoms with Gasteiger partial charge in [0.25, 0.3) is 0 Å². The molecule has 0 heterocycles. The lowest BCUT2D eigenvalue weighted by Gasteiger charge is -2.33. The molecule has 0 spiro atoms. The Morgan fingerprint density at radius 1 is 1.09 bits per heavy atom. The number of hydrogen-bond donors (Lipinski definition) is 1. The molecule has 0 saturated heterocycles. The number of hydrogen-bond acceptors (Lipinski definition) is 6. The molecular weight excluding hydrogens is 458 g/mol. The van der Waals surface area contributed by atoms with E-state index in [1.807, 2.05) is 31.2 Å². The molecule has 2 aromatic carbocycles. The van der Waals surface area contributed by atoms with E-state index in [0.717, 1.165) is 21.7 Å². The maximum Gasteiger partial charge on any atom is 0.244 e. The number of aryl methyl sites for hydroxylation is 1. The zero-order chi connectivity index (χ0) is 25.5. The van der Waals surface area contributed by atoms with Gasteiger partial charge in [-0.25, -0.2) is 8.42 Å². The summed E-state index contributed by atoms with van der Waals surface area (Å²) in [5.41, 5.74) is 1.99. The second kappa shape index (κ2) is 11.7. The van der Waals surface area contributed by atoms with E-state index in [9.17, 15) is 18.0 Å². The predicted molar refractivity (Wildman–Crippen MR) is 132 cm³/mol. The van der Waals surface area contributed by atoms with Crippen LogP contribution in [0.25, 0.3) is 0 Å². The second-order valence-electron chi connectivity index (χ2n) is 7.79. The summed E-state index contributed by atoms with van der Waals surface area (Å²) in [6.07, 6.45) is 1.37. The van der Waals surface area contributed by atoms with Gasteiger partial charge in [-0.3, -0.25) is 13.9 Å². The van der Waals surface area contributed by atoms with Crippen LogP contribution in [-0.4, -0.2) is 65.2 Å². The maximum atomic E-state index is 13.6. The van der Waals surface area contributed by atoms with E-state index in [4.69, 9.17) is 9.47 Å². The molecule has 0 saturated carbocycles. The van der Waals surface area contributed by atoms with Crippen LogP contribution in [0.2, 0.25) is 0 Å². The molecule has 0 fully saturated rings. The van der Waals surface area contributed by atoms with Gasteiger partial charge in [0.2, 0.25) is 21.8 Å². The monoisotopic (exact) mass is 491 g/mol. The molecule has 34 heavy (non-hydrogen) atoms. The summed E-state index contributed by atoms with van der Waals surface area (Å²) in [4.78, 5) is 27.7. The van der Waals surface area contributed by atoms with Crippen molar-refractivity contribution < 1.29 is 27.5 Å². The summed E-state index contributed by atoms with van der Waals surface area (Å²) in [7, 11) is 0.484. The normalized spacial score (nSPS) is 11.9. The minimum atomic E-state index is -3.89. The van der Waals surface area contributed by atoms with Crippen LogP contribution in [0, 0.1) is 6.92 Å². The summed E-state index contributed by atoms with van der Waals surface area (Å²) < 4.78 is 37.1. The van der Waals surface area contributed by atoms with Gasteiger partial charge in [-0.05, 0) is 36.6 Å². The highest BCUT2D eigenvalue weighted by Crippen LogP contribution is 2.34. The molecule has 0 aliphatic heterocycles. The van der Waals surface area contributed by atoms with Gasteiger partial charge in [-0.1, -0.05) is 31.2 Å². The molecule has 0 unspecified atom stereocenters. The van der Waals surface area contributed by atoms with Crippen molar-refractivity contribution in [3.8, 4) is 11.5 Å². The zero-order valence-electron chi connectivity index (χ0n) is 20.5. The summed E-state index contributed by atoms with van der Waals surface area (Å²) in [5, 5.41) is 2.60. The Balaban J connectivity index is 2.53. The molecule has 9 nitrogen and oxygen atoms in total. The SMILES string of the molecule is CC[C@@H](C(=O)NC)N(Cc1ccccc1C)C(=O)CN(c1cc(OC)ccc1OC)S(C)(=O)=O. The number of carbonyl (C=O) groups is 2. The van der Waals surface area contributed by atoms with Crippen LogP contribution in [0.1, 0.15) is 24.5 Å². The van der Waals surface area contributed by atoms with Crippen LogP contribution in [-0.2, 0) is 26.2 Å². The third-order valence-electron chi connectivity index (χ3n) is 5.57. The molecule has 0 aromatic heterocycles. The van der Waals surface area contributed by atoms with Crippen molar-refractivity contribution >= 4 is 27.5 Å². The fourth-order valence-electron chi connectivity index (χ4n) is 3.64. The molecule has 1 atom stereocenters. The standard InChI is InChI=1S/C24H33N3O6S/c1-7-20(24(29)25-3)26(15-18-11-9-8-10-17(18)2)23(28)16-27(34(6,30)31)21-14-19(32-4)12-13-22(21)33-5/h8-14,20H,7,15-16H2,1-6H3,(H,25,29)/t20-/m0/s1. The van der Waals surface area contributed by atoms with Crippen molar-refractivity contribution in [2.45, 2.75) is 32.9 Å².